The average Bonchev–Trinajstić information content (AvgIpc) is 2.87. The highest BCUT2D eigenvalue weighted by Gasteiger charge is 2.23. The van der Waals surface area contributed by atoms with Crippen molar-refractivity contribution in [2.45, 2.75) is 23.0 Å². The van der Waals surface area contributed by atoms with Crippen molar-refractivity contribution in [2.24, 2.45) is 0 Å². The zero-order valence-electron chi connectivity index (χ0n) is 19.3. The molecule has 2 amide bonds. The molecule has 3 aromatic rings. The fraction of sp³-hybridized carbons (Fsp3) is 0.192. The molecule has 0 saturated heterocycles. The van der Waals surface area contributed by atoms with Crippen LogP contribution >= 0.6 is 11.8 Å². The number of methoxy groups -OCH3 is 2. The van der Waals surface area contributed by atoms with E-state index in [0.29, 0.717) is 22.9 Å². The van der Waals surface area contributed by atoms with Gasteiger partial charge in [0.2, 0.25) is 11.8 Å². The molecular formula is C26H26N2O6S. The number of hydrogen-bond donors (Lipinski definition) is 3. The van der Waals surface area contributed by atoms with E-state index < -0.39 is 17.1 Å². The number of benzene rings is 3. The fourth-order valence-electron chi connectivity index (χ4n) is 3.23. The highest BCUT2D eigenvalue weighted by atomic mass is 32.2. The molecule has 0 saturated carbocycles. The number of aliphatic carboxylic acids is 1. The summed E-state index contributed by atoms with van der Waals surface area (Å²) in [6.07, 6.45) is -0.364. The second kappa shape index (κ2) is 12.5. The van der Waals surface area contributed by atoms with Crippen molar-refractivity contribution in [3.8, 4) is 11.5 Å². The zero-order chi connectivity index (χ0) is 25.2. The third-order valence-corrected chi connectivity index (χ3v) is 6.19. The molecule has 3 aromatic carbocycles. The maximum atomic E-state index is 13.4. The smallest absolute Gasteiger partial charge is 0.303 e. The van der Waals surface area contributed by atoms with Gasteiger partial charge in [0, 0.05) is 23.1 Å². The Balaban J connectivity index is 1.81. The molecule has 0 aliphatic carbocycles. The molecule has 35 heavy (non-hydrogen) atoms. The van der Waals surface area contributed by atoms with Gasteiger partial charge in [-0.05, 0) is 35.9 Å². The van der Waals surface area contributed by atoms with Crippen molar-refractivity contribution in [1.82, 2.24) is 0 Å². The molecule has 3 rings (SSSR count). The van der Waals surface area contributed by atoms with Gasteiger partial charge in [-0.25, -0.2) is 0 Å². The maximum absolute atomic E-state index is 13.4. The van der Waals surface area contributed by atoms with E-state index in [9.17, 15) is 14.4 Å². The Morgan fingerprint density at radius 2 is 1.66 bits per heavy atom. The molecule has 8 nitrogen and oxygen atoms in total. The molecule has 0 aromatic heterocycles. The predicted octanol–water partition coefficient (Wildman–Crippen LogP) is 4.98. The Kier molecular flexibility index (Phi) is 9.14. The summed E-state index contributed by atoms with van der Waals surface area (Å²) in [4.78, 5) is 36.9. The summed E-state index contributed by atoms with van der Waals surface area (Å²) in [5, 5.41) is 13.8. The second-order valence-corrected chi connectivity index (χ2v) is 8.61. The van der Waals surface area contributed by atoms with Gasteiger partial charge >= 0.3 is 5.97 Å². The minimum Gasteiger partial charge on any atom is -0.497 e. The van der Waals surface area contributed by atoms with Crippen LogP contribution in [0.5, 0.6) is 11.5 Å². The molecule has 0 bridgehead atoms. The number of nitrogens with one attached hydrogen (secondary N) is 2. The summed E-state index contributed by atoms with van der Waals surface area (Å²) in [5.41, 5.74) is 1.84. The lowest BCUT2D eigenvalue weighted by molar-refractivity contribution is -0.138. The van der Waals surface area contributed by atoms with Crippen LogP contribution in [0.25, 0.3) is 0 Å². The van der Waals surface area contributed by atoms with Crippen LogP contribution in [0.4, 0.5) is 11.4 Å². The summed E-state index contributed by atoms with van der Waals surface area (Å²) in [5.74, 6) is -0.592. The Morgan fingerprint density at radius 1 is 0.886 bits per heavy atom. The first-order chi connectivity index (χ1) is 16.9. The van der Waals surface area contributed by atoms with Gasteiger partial charge < -0.3 is 25.2 Å². The number of rotatable bonds is 11. The minimum absolute atomic E-state index is 0.120. The third-order valence-electron chi connectivity index (χ3n) is 4.94. The Labute approximate surface area is 207 Å². The molecule has 9 heteroatoms. The van der Waals surface area contributed by atoms with Crippen LogP contribution in [0.3, 0.4) is 0 Å². The molecule has 0 aliphatic rings. The van der Waals surface area contributed by atoms with Gasteiger partial charge in [0.05, 0.1) is 26.3 Å². The van der Waals surface area contributed by atoms with Crippen LogP contribution < -0.4 is 20.1 Å². The number of carboxylic acid groups (broad SMARTS) is 1. The number of amides is 2. The van der Waals surface area contributed by atoms with Crippen molar-refractivity contribution in [3.05, 3.63) is 78.4 Å². The third kappa shape index (κ3) is 7.51. The van der Waals surface area contributed by atoms with Gasteiger partial charge in [0.25, 0.3) is 0 Å². The molecular weight excluding hydrogens is 468 g/mol. The van der Waals surface area contributed by atoms with E-state index in [0.717, 1.165) is 10.5 Å². The van der Waals surface area contributed by atoms with Gasteiger partial charge in [0.15, 0.2) is 0 Å². The summed E-state index contributed by atoms with van der Waals surface area (Å²) in [6.45, 7) is 0. The second-order valence-electron chi connectivity index (χ2n) is 7.43. The van der Waals surface area contributed by atoms with Crippen LogP contribution in [0.15, 0.2) is 77.7 Å². The number of carbonyl (C=O) groups excluding carboxylic acids is 2. The number of ether oxygens (including phenoxy) is 2. The largest absolute Gasteiger partial charge is 0.497 e. The minimum atomic E-state index is -1.03. The molecule has 182 valence electrons. The van der Waals surface area contributed by atoms with Gasteiger partial charge in [-0.3, -0.25) is 14.4 Å². The topological polar surface area (TPSA) is 114 Å². The summed E-state index contributed by atoms with van der Waals surface area (Å²) >= 11 is 1.33. The predicted molar refractivity (Wildman–Crippen MR) is 135 cm³/mol. The van der Waals surface area contributed by atoms with Crippen molar-refractivity contribution in [2.75, 3.05) is 24.9 Å². The average molecular weight is 495 g/mol. The zero-order valence-corrected chi connectivity index (χ0v) is 20.1. The molecule has 1 unspecified atom stereocenters. The van der Waals surface area contributed by atoms with Crippen molar-refractivity contribution in [1.29, 1.82) is 0 Å². The molecule has 3 N–H and O–H groups in total. The molecule has 1 atom stereocenters. The summed E-state index contributed by atoms with van der Waals surface area (Å²) < 4.78 is 10.6. The van der Waals surface area contributed by atoms with Crippen molar-refractivity contribution >= 4 is 40.9 Å². The Hall–Kier alpha value is -3.98. The number of hydrogen-bond acceptors (Lipinski definition) is 6. The van der Waals surface area contributed by atoms with Gasteiger partial charge in [0.1, 0.15) is 16.7 Å². The number of anilines is 2. The van der Waals surface area contributed by atoms with Crippen LogP contribution in [0, 0.1) is 0 Å². The van der Waals surface area contributed by atoms with E-state index in [1.165, 1.54) is 18.9 Å². The molecule has 0 aliphatic heterocycles. The lowest BCUT2D eigenvalue weighted by atomic mass is 10.1. The van der Waals surface area contributed by atoms with E-state index in [4.69, 9.17) is 14.6 Å². The fourth-order valence-corrected chi connectivity index (χ4v) is 4.31. The first-order valence-corrected chi connectivity index (χ1v) is 11.6. The quantitative estimate of drug-likeness (QED) is 0.322. The highest BCUT2D eigenvalue weighted by Crippen LogP contribution is 2.38. The molecule has 0 heterocycles. The summed E-state index contributed by atoms with van der Waals surface area (Å²) in [6, 6.07) is 21.6. The number of thioether (sulfide) groups is 1. The van der Waals surface area contributed by atoms with Gasteiger partial charge in [-0.15, -0.1) is 11.8 Å². The highest BCUT2D eigenvalue weighted by molar-refractivity contribution is 8.00. The van der Waals surface area contributed by atoms with Crippen LogP contribution in [0.2, 0.25) is 0 Å². The van der Waals surface area contributed by atoms with Gasteiger partial charge in [-0.2, -0.15) is 0 Å². The van der Waals surface area contributed by atoms with Gasteiger partial charge in [-0.1, -0.05) is 36.4 Å². The monoisotopic (exact) mass is 494 g/mol. The first kappa shape index (κ1) is 25.6. The number of carbonyl (C=O) groups is 3. The molecule has 0 radical (unpaired) electrons. The normalized spacial score (nSPS) is 11.3. The molecule has 0 fully saturated rings. The lowest BCUT2D eigenvalue weighted by Gasteiger charge is -2.19. The van der Waals surface area contributed by atoms with Crippen molar-refractivity contribution in [3.63, 3.8) is 0 Å². The van der Waals surface area contributed by atoms with Crippen LogP contribution in [0.1, 0.15) is 23.7 Å². The lowest BCUT2D eigenvalue weighted by Crippen LogP contribution is -2.19. The standard InChI is InChI=1S/C26H26N2O6S/c1-33-19-11-12-21(22(16-19)34-2)28-26(32)25(17-7-4-3-5-8-17)35-20-10-6-9-18(15-20)27-23(29)13-14-24(30)31/h3-12,15-16,25H,13-14H2,1-2H3,(H,27,29)(H,28,32)(H,30,31). The Bertz CT molecular complexity index is 1190. The van der Waals surface area contributed by atoms with E-state index in [1.54, 1.807) is 43.5 Å². The van der Waals surface area contributed by atoms with E-state index in [-0.39, 0.29) is 18.7 Å². The van der Waals surface area contributed by atoms with Crippen molar-refractivity contribution < 1.29 is 29.0 Å². The summed E-state index contributed by atoms with van der Waals surface area (Å²) in [7, 11) is 3.07. The Morgan fingerprint density at radius 3 is 2.34 bits per heavy atom. The van der Waals surface area contributed by atoms with E-state index in [2.05, 4.69) is 10.6 Å². The van der Waals surface area contributed by atoms with E-state index in [1.807, 2.05) is 36.4 Å². The molecule has 0 spiro atoms. The number of carboxylic acids is 1. The first-order valence-electron chi connectivity index (χ1n) is 10.8. The van der Waals surface area contributed by atoms with Crippen LogP contribution in [-0.2, 0) is 14.4 Å². The SMILES string of the molecule is COc1ccc(NC(=O)C(Sc2cccc(NC(=O)CCC(=O)O)c2)c2ccccc2)c(OC)c1. The maximum Gasteiger partial charge on any atom is 0.303 e. The van der Waals surface area contributed by atoms with E-state index >= 15 is 0 Å². The van der Waals surface area contributed by atoms with Crippen LogP contribution in [-0.4, -0.2) is 37.1 Å².